The molecule has 0 bridgehead atoms. The Morgan fingerprint density at radius 1 is 1.23 bits per heavy atom. The molecule has 0 unspecified atom stereocenters. The van der Waals surface area contributed by atoms with Gasteiger partial charge in [-0.1, -0.05) is 0 Å². The minimum atomic E-state index is 0.247. The molecule has 0 saturated heterocycles. The van der Waals surface area contributed by atoms with Crippen LogP contribution in [0.25, 0.3) is 0 Å². The number of hydrogen-bond donors (Lipinski definition) is 0. The zero-order valence-electron chi connectivity index (χ0n) is 8.75. The van der Waals surface area contributed by atoms with E-state index in [-0.39, 0.29) is 5.54 Å². The molecule has 1 aliphatic heterocycles. The second-order valence-corrected chi connectivity index (χ2v) is 4.74. The van der Waals surface area contributed by atoms with Crippen LogP contribution in [0.2, 0.25) is 0 Å². The summed E-state index contributed by atoms with van der Waals surface area (Å²) in [5.74, 6) is 1.37. The molecule has 0 aromatic carbocycles. The van der Waals surface area contributed by atoms with E-state index < -0.39 is 0 Å². The number of anilines is 1. The lowest BCUT2D eigenvalue weighted by atomic mass is 10.0. The Morgan fingerprint density at radius 2 is 2.00 bits per heavy atom. The van der Waals surface area contributed by atoms with E-state index >= 15 is 0 Å². The van der Waals surface area contributed by atoms with E-state index in [0.29, 0.717) is 0 Å². The first-order valence-electron chi connectivity index (χ1n) is 5.02. The summed E-state index contributed by atoms with van der Waals surface area (Å²) in [6.07, 6.45) is 3.44. The molecule has 2 rings (SSSR count). The summed E-state index contributed by atoms with van der Waals surface area (Å²) in [6.45, 7) is 9.18. The van der Waals surface area contributed by atoms with Gasteiger partial charge in [-0.3, -0.25) is 0 Å². The van der Waals surface area contributed by atoms with Gasteiger partial charge in [-0.25, -0.2) is 0 Å². The Kier molecular flexibility index (Phi) is 1.86. The molecule has 1 aromatic heterocycles. The Labute approximate surface area is 80.2 Å². The maximum Gasteiger partial charge on any atom is 0.108 e. The van der Waals surface area contributed by atoms with Gasteiger partial charge in [-0.15, -0.1) is 0 Å². The highest BCUT2D eigenvalue weighted by Crippen LogP contribution is 2.27. The smallest absolute Gasteiger partial charge is 0.108 e. The molecule has 0 amide bonds. The quantitative estimate of drug-likeness (QED) is 0.592. The van der Waals surface area contributed by atoms with E-state index in [1.54, 1.807) is 0 Å². The van der Waals surface area contributed by atoms with Crippen molar-refractivity contribution in [3.05, 3.63) is 18.3 Å². The van der Waals surface area contributed by atoms with Crippen LogP contribution in [0.15, 0.2) is 18.3 Å². The number of aryl methyl sites for hydroxylation is 1. The van der Waals surface area contributed by atoms with Gasteiger partial charge in [0.25, 0.3) is 0 Å². The third-order valence-electron chi connectivity index (χ3n) is 2.67. The minimum Gasteiger partial charge on any atom is -0.353 e. The first-order chi connectivity index (χ1) is 6.09. The summed E-state index contributed by atoms with van der Waals surface area (Å²) in [4.78, 5) is 2.48. The highest BCUT2D eigenvalue weighted by atomic mass is 15.3. The van der Waals surface area contributed by atoms with Crippen molar-refractivity contribution in [3.63, 3.8) is 0 Å². The Morgan fingerprint density at radius 3 is 2.69 bits per heavy atom. The van der Waals surface area contributed by atoms with E-state index in [4.69, 9.17) is 0 Å². The van der Waals surface area contributed by atoms with Gasteiger partial charge in [0.1, 0.15) is 5.82 Å². The topological polar surface area (TPSA) is 8.17 Å². The summed E-state index contributed by atoms with van der Waals surface area (Å²) < 4.78 is 2.34. The first kappa shape index (κ1) is 8.67. The SMILES string of the molecule is CC(C)(C)N1CCCn2cccc21. The Balaban J connectivity index is 2.35. The van der Waals surface area contributed by atoms with Crippen molar-refractivity contribution in [1.82, 2.24) is 4.57 Å². The molecule has 2 heteroatoms. The van der Waals surface area contributed by atoms with Crippen molar-refractivity contribution in [2.75, 3.05) is 11.4 Å². The zero-order valence-corrected chi connectivity index (χ0v) is 8.75. The summed E-state index contributed by atoms with van der Waals surface area (Å²) in [5, 5.41) is 0. The van der Waals surface area contributed by atoms with Gasteiger partial charge in [-0.2, -0.15) is 0 Å². The predicted molar refractivity (Wildman–Crippen MR) is 56.1 cm³/mol. The average Bonchev–Trinajstić information content (AvgIpc) is 2.48. The number of aromatic nitrogens is 1. The van der Waals surface area contributed by atoms with Crippen molar-refractivity contribution >= 4 is 5.82 Å². The number of rotatable bonds is 0. The van der Waals surface area contributed by atoms with E-state index in [9.17, 15) is 0 Å². The first-order valence-corrected chi connectivity index (χ1v) is 5.02. The lowest BCUT2D eigenvalue weighted by Crippen LogP contribution is -2.45. The van der Waals surface area contributed by atoms with Crippen molar-refractivity contribution in [2.45, 2.75) is 39.3 Å². The molecular formula is C11H18N2. The predicted octanol–water partition coefficient (Wildman–Crippen LogP) is 2.50. The van der Waals surface area contributed by atoms with Crippen molar-refractivity contribution in [3.8, 4) is 0 Å². The monoisotopic (exact) mass is 178 g/mol. The van der Waals surface area contributed by atoms with Crippen LogP contribution in [0, 0.1) is 0 Å². The fourth-order valence-corrected chi connectivity index (χ4v) is 2.03. The second kappa shape index (κ2) is 2.79. The summed E-state index contributed by atoms with van der Waals surface area (Å²) in [6, 6.07) is 4.35. The highest BCUT2D eigenvalue weighted by molar-refractivity contribution is 5.44. The second-order valence-electron chi connectivity index (χ2n) is 4.74. The number of nitrogens with zero attached hydrogens (tertiary/aromatic N) is 2. The van der Waals surface area contributed by atoms with Crippen LogP contribution >= 0.6 is 0 Å². The van der Waals surface area contributed by atoms with Gasteiger partial charge < -0.3 is 9.47 Å². The van der Waals surface area contributed by atoms with E-state index in [1.165, 1.54) is 25.3 Å². The van der Waals surface area contributed by atoms with Crippen molar-refractivity contribution in [1.29, 1.82) is 0 Å². The molecule has 0 N–H and O–H groups in total. The molecule has 0 atom stereocenters. The van der Waals surface area contributed by atoms with Crippen molar-refractivity contribution < 1.29 is 0 Å². The molecule has 0 saturated carbocycles. The summed E-state index contributed by atoms with van der Waals surface area (Å²) in [5.41, 5.74) is 0.247. The molecule has 13 heavy (non-hydrogen) atoms. The molecule has 1 aliphatic rings. The van der Waals surface area contributed by atoms with Gasteiger partial charge in [0.15, 0.2) is 0 Å². The normalized spacial score (nSPS) is 17.3. The molecule has 2 nitrogen and oxygen atoms in total. The maximum atomic E-state index is 2.48. The van der Waals surface area contributed by atoms with Gasteiger partial charge in [0, 0.05) is 24.8 Å². The van der Waals surface area contributed by atoms with Crippen molar-refractivity contribution in [2.24, 2.45) is 0 Å². The lowest BCUT2D eigenvalue weighted by Gasteiger charge is -2.40. The Hall–Kier alpha value is -0.920. The third-order valence-corrected chi connectivity index (χ3v) is 2.67. The van der Waals surface area contributed by atoms with Gasteiger partial charge in [0.05, 0.1) is 0 Å². The van der Waals surface area contributed by atoms with Crippen LogP contribution in [0.1, 0.15) is 27.2 Å². The molecule has 0 radical (unpaired) electrons. The van der Waals surface area contributed by atoms with Crippen LogP contribution in [-0.2, 0) is 6.54 Å². The molecule has 1 aromatic rings. The zero-order chi connectivity index (χ0) is 9.47. The molecule has 2 heterocycles. The van der Waals surface area contributed by atoms with E-state index in [1.807, 2.05) is 0 Å². The van der Waals surface area contributed by atoms with Gasteiger partial charge >= 0.3 is 0 Å². The third kappa shape index (κ3) is 1.45. The maximum absolute atomic E-state index is 2.48. The van der Waals surface area contributed by atoms with Crippen LogP contribution in [-0.4, -0.2) is 16.7 Å². The number of fused-ring (bicyclic) bond motifs is 1. The van der Waals surface area contributed by atoms with E-state index in [2.05, 4.69) is 48.6 Å². The average molecular weight is 178 g/mol. The fourth-order valence-electron chi connectivity index (χ4n) is 2.03. The molecule has 0 fully saturated rings. The fraction of sp³-hybridized carbons (Fsp3) is 0.636. The van der Waals surface area contributed by atoms with E-state index in [0.717, 1.165) is 0 Å². The van der Waals surface area contributed by atoms with Crippen LogP contribution in [0.4, 0.5) is 5.82 Å². The molecule has 0 spiro atoms. The van der Waals surface area contributed by atoms with Gasteiger partial charge in [0.2, 0.25) is 0 Å². The van der Waals surface area contributed by atoms with Crippen LogP contribution < -0.4 is 4.90 Å². The van der Waals surface area contributed by atoms with Gasteiger partial charge in [-0.05, 0) is 39.3 Å². The highest BCUT2D eigenvalue weighted by Gasteiger charge is 2.25. The summed E-state index contributed by atoms with van der Waals surface area (Å²) >= 11 is 0. The van der Waals surface area contributed by atoms with Crippen LogP contribution in [0.5, 0.6) is 0 Å². The number of hydrogen-bond acceptors (Lipinski definition) is 1. The molecule has 0 aliphatic carbocycles. The largest absolute Gasteiger partial charge is 0.353 e. The molecular weight excluding hydrogens is 160 g/mol. The Bertz CT molecular complexity index is 293. The summed E-state index contributed by atoms with van der Waals surface area (Å²) in [7, 11) is 0. The molecule has 72 valence electrons. The standard InChI is InChI=1S/C11H18N2/c1-11(2,3)13-9-5-8-12-7-4-6-10(12)13/h4,6-7H,5,8-9H2,1-3H3. The minimum absolute atomic E-state index is 0.247. The lowest BCUT2D eigenvalue weighted by molar-refractivity contribution is 0.443. The van der Waals surface area contributed by atoms with Crippen LogP contribution in [0.3, 0.4) is 0 Å².